The fraction of sp³-hybridized carbons (Fsp3) is 0.304. The number of likely N-dealkylation sites (tertiary alicyclic amines) is 1. The highest BCUT2D eigenvalue weighted by Crippen LogP contribution is 2.30. The van der Waals surface area contributed by atoms with Crippen molar-refractivity contribution in [3.63, 3.8) is 0 Å². The van der Waals surface area contributed by atoms with Crippen molar-refractivity contribution in [3.8, 4) is 11.6 Å². The first-order valence-electron chi connectivity index (χ1n) is 10.8. The van der Waals surface area contributed by atoms with Crippen LogP contribution in [0.2, 0.25) is 0 Å². The summed E-state index contributed by atoms with van der Waals surface area (Å²) in [6.07, 6.45) is 1.19. The lowest BCUT2D eigenvalue weighted by molar-refractivity contribution is -0.137. The fourth-order valence-electron chi connectivity index (χ4n) is 3.54. The monoisotopic (exact) mass is 472 g/mol. The number of aromatic nitrogens is 4. The number of piperidine rings is 1. The van der Waals surface area contributed by atoms with Crippen molar-refractivity contribution in [2.45, 2.75) is 32.5 Å². The van der Waals surface area contributed by atoms with E-state index < -0.39 is 11.7 Å². The van der Waals surface area contributed by atoms with Crippen molar-refractivity contribution in [3.05, 3.63) is 65.6 Å². The number of aryl methyl sites for hydroxylation is 1. The molecule has 0 radical (unpaired) electrons. The van der Waals surface area contributed by atoms with Crippen molar-refractivity contribution in [2.24, 2.45) is 0 Å². The molecule has 2 aromatic heterocycles. The normalized spacial score (nSPS) is 14.1. The van der Waals surface area contributed by atoms with Gasteiger partial charge in [-0.05, 0) is 43.5 Å². The van der Waals surface area contributed by atoms with Gasteiger partial charge in [0.25, 0.3) is 0 Å². The number of urea groups is 1. The second-order valence-corrected chi connectivity index (χ2v) is 7.68. The number of carbonyl (C=O) groups is 1. The van der Waals surface area contributed by atoms with Crippen LogP contribution >= 0.6 is 0 Å². The van der Waals surface area contributed by atoms with Gasteiger partial charge in [0.15, 0.2) is 0 Å². The molecule has 0 bridgehead atoms. The Morgan fingerprint density at radius 2 is 1.97 bits per heavy atom. The van der Waals surface area contributed by atoms with Gasteiger partial charge in [0.1, 0.15) is 12.1 Å². The summed E-state index contributed by atoms with van der Waals surface area (Å²) in [5.74, 6) is 0.975. The van der Waals surface area contributed by atoms with Crippen molar-refractivity contribution in [1.82, 2.24) is 24.6 Å². The molecule has 1 fully saturated rings. The molecule has 3 aromatic rings. The average Bonchev–Trinajstić information content (AvgIpc) is 3.26. The molecule has 8 nitrogen and oxygen atoms in total. The number of amides is 2. The number of hydrogen-bond donors (Lipinski definition) is 1. The van der Waals surface area contributed by atoms with E-state index in [1.165, 1.54) is 18.0 Å². The number of nitrogens with zero attached hydrogens (tertiary/aromatic N) is 5. The maximum Gasteiger partial charge on any atom is 0.417 e. The zero-order chi connectivity index (χ0) is 24.1. The predicted octanol–water partition coefficient (Wildman–Crippen LogP) is 5.22. The van der Waals surface area contributed by atoms with E-state index in [4.69, 9.17) is 4.74 Å². The largest absolute Gasteiger partial charge is 0.439 e. The number of alkyl halides is 3. The Kier molecular flexibility index (Phi) is 6.80. The summed E-state index contributed by atoms with van der Waals surface area (Å²) in [6.45, 7) is 3.68. The van der Waals surface area contributed by atoms with Crippen molar-refractivity contribution in [1.29, 1.82) is 0 Å². The number of hydrogen-bond acceptors (Lipinski definition) is 5. The minimum absolute atomic E-state index is 0.0797. The zero-order valence-electron chi connectivity index (χ0n) is 18.4. The number of halogens is 3. The highest BCUT2D eigenvalue weighted by molar-refractivity contribution is 5.87. The van der Waals surface area contributed by atoms with E-state index in [1.807, 2.05) is 19.1 Å². The molecule has 178 valence electrons. The maximum atomic E-state index is 12.7. The van der Waals surface area contributed by atoms with E-state index in [1.54, 1.807) is 27.8 Å². The standard InChI is InChI=1S/C23H23F3N6O2/c1-2-32-21(28-15-29-32)30-22(33)31-10-8-16(9-11-31)12-17-4-3-5-19(13-17)34-20-7-6-18(14-27-20)23(24,25)26/h3-7,12-15H,2,8-11H2,1H3,(H,28,29,30,33). The second-order valence-electron chi connectivity index (χ2n) is 7.68. The first-order valence-corrected chi connectivity index (χ1v) is 10.8. The van der Waals surface area contributed by atoms with Crippen molar-refractivity contribution in [2.75, 3.05) is 18.4 Å². The Balaban J connectivity index is 1.34. The van der Waals surface area contributed by atoms with Crippen molar-refractivity contribution < 1.29 is 22.7 Å². The number of nitrogens with one attached hydrogen (secondary N) is 1. The zero-order valence-corrected chi connectivity index (χ0v) is 18.4. The molecule has 34 heavy (non-hydrogen) atoms. The number of anilines is 1. The highest BCUT2D eigenvalue weighted by atomic mass is 19.4. The molecule has 0 atom stereocenters. The molecule has 2 amide bonds. The molecule has 0 unspecified atom stereocenters. The van der Waals surface area contributed by atoms with Gasteiger partial charge in [0.05, 0.1) is 5.56 Å². The van der Waals surface area contributed by atoms with Crippen LogP contribution in [-0.2, 0) is 12.7 Å². The number of pyridine rings is 1. The third-order valence-electron chi connectivity index (χ3n) is 5.34. The van der Waals surface area contributed by atoms with Gasteiger partial charge in [0, 0.05) is 31.9 Å². The van der Waals surface area contributed by atoms with Crippen LogP contribution < -0.4 is 10.1 Å². The molecule has 0 saturated carbocycles. The summed E-state index contributed by atoms with van der Waals surface area (Å²) in [4.78, 5) is 22.1. The van der Waals surface area contributed by atoms with Gasteiger partial charge in [-0.15, -0.1) is 0 Å². The van der Waals surface area contributed by atoms with Gasteiger partial charge in [-0.1, -0.05) is 23.8 Å². The predicted molar refractivity (Wildman–Crippen MR) is 119 cm³/mol. The van der Waals surface area contributed by atoms with Crippen molar-refractivity contribution >= 4 is 18.1 Å². The third kappa shape index (κ3) is 5.72. The van der Waals surface area contributed by atoms with Gasteiger partial charge in [-0.3, -0.25) is 5.32 Å². The summed E-state index contributed by atoms with van der Waals surface area (Å²) in [7, 11) is 0. The molecule has 3 heterocycles. The quantitative estimate of drug-likeness (QED) is 0.551. The molecule has 0 aliphatic carbocycles. The van der Waals surface area contributed by atoms with Crippen LogP contribution in [0.3, 0.4) is 0 Å². The van der Waals surface area contributed by atoms with E-state index in [0.29, 0.717) is 31.3 Å². The van der Waals surface area contributed by atoms with Crippen LogP contribution in [0.1, 0.15) is 30.9 Å². The molecule has 1 aromatic carbocycles. The summed E-state index contributed by atoms with van der Waals surface area (Å²) in [5.41, 5.74) is 1.25. The first-order chi connectivity index (χ1) is 16.3. The smallest absolute Gasteiger partial charge is 0.417 e. The molecule has 11 heteroatoms. The van der Waals surface area contributed by atoms with E-state index in [0.717, 1.165) is 30.7 Å². The van der Waals surface area contributed by atoms with E-state index in [9.17, 15) is 18.0 Å². The van der Waals surface area contributed by atoms with E-state index in [-0.39, 0.29) is 11.9 Å². The second kappa shape index (κ2) is 9.94. The maximum absolute atomic E-state index is 12.7. The Morgan fingerprint density at radius 1 is 1.18 bits per heavy atom. The minimum atomic E-state index is -4.44. The number of carbonyl (C=O) groups excluding carboxylic acids is 1. The molecule has 1 aliphatic heterocycles. The van der Waals surface area contributed by atoms with Crippen LogP contribution in [0.25, 0.3) is 6.08 Å². The molecule has 1 N–H and O–H groups in total. The van der Waals surface area contributed by atoms with Gasteiger partial charge < -0.3 is 9.64 Å². The number of ether oxygens (including phenoxy) is 1. The van der Waals surface area contributed by atoms with Gasteiger partial charge in [-0.2, -0.15) is 23.3 Å². The fourth-order valence-corrected chi connectivity index (χ4v) is 3.54. The van der Waals surface area contributed by atoms with E-state index >= 15 is 0 Å². The average molecular weight is 472 g/mol. The van der Waals surface area contributed by atoms with Crippen LogP contribution in [0.5, 0.6) is 11.6 Å². The first kappa shape index (κ1) is 23.3. The summed E-state index contributed by atoms with van der Waals surface area (Å²) >= 11 is 0. The topological polar surface area (TPSA) is 85.2 Å². The Labute approximate surface area is 194 Å². The molecule has 1 saturated heterocycles. The van der Waals surface area contributed by atoms with Crippen LogP contribution in [0.15, 0.2) is 54.5 Å². The van der Waals surface area contributed by atoms with E-state index in [2.05, 4.69) is 20.4 Å². The number of benzene rings is 1. The summed E-state index contributed by atoms with van der Waals surface area (Å²) in [6, 6.07) is 9.14. The molecular formula is C23H23F3N6O2. The lowest BCUT2D eigenvalue weighted by Gasteiger charge is -2.28. The Morgan fingerprint density at radius 3 is 2.65 bits per heavy atom. The lowest BCUT2D eigenvalue weighted by atomic mass is 10.0. The van der Waals surface area contributed by atoms with Gasteiger partial charge >= 0.3 is 12.2 Å². The lowest BCUT2D eigenvalue weighted by Crippen LogP contribution is -2.39. The summed E-state index contributed by atoms with van der Waals surface area (Å²) in [5, 5.41) is 6.83. The SMILES string of the molecule is CCn1ncnc1NC(=O)N1CCC(=Cc2cccc(Oc3ccc(C(F)(F)F)cn3)c2)CC1. The third-order valence-corrected chi connectivity index (χ3v) is 5.34. The Bertz CT molecular complexity index is 1160. The molecule has 1 aliphatic rings. The van der Waals surface area contributed by atoms with Crippen LogP contribution in [0, 0.1) is 0 Å². The van der Waals surface area contributed by atoms with Gasteiger partial charge in [0.2, 0.25) is 11.8 Å². The minimum Gasteiger partial charge on any atom is -0.439 e. The molecular weight excluding hydrogens is 449 g/mol. The molecule has 0 spiro atoms. The van der Waals surface area contributed by atoms with Crippen LogP contribution in [0.4, 0.5) is 23.9 Å². The highest BCUT2D eigenvalue weighted by Gasteiger charge is 2.30. The summed E-state index contributed by atoms with van der Waals surface area (Å²) < 4.78 is 45.3. The van der Waals surface area contributed by atoms with Crippen LogP contribution in [-0.4, -0.2) is 43.8 Å². The number of rotatable bonds is 5. The molecule has 4 rings (SSSR count). The van der Waals surface area contributed by atoms with Gasteiger partial charge in [-0.25, -0.2) is 14.5 Å². The Hall–Kier alpha value is -3.89.